The first-order chi connectivity index (χ1) is 11.7. The van der Waals surface area contributed by atoms with E-state index in [-0.39, 0.29) is 11.7 Å². The lowest BCUT2D eigenvalue weighted by atomic mass is 10.1. The number of likely N-dealkylation sites (tertiary alicyclic amines) is 1. The van der Waals surface area contributed by atoms with Gasteiger partial charge in [-0.25, -0.2) is 4.39 Å². The molecule has 1 N–H and O–H groups in total. The monoisotopic (exact) mass is 332 g/mol. The van der Waals surface area contributed by atoms with E-state index >= 15 is 0 Å². The topological polar surface area (TPSA) is 32.3 Å². The van der Waals surface area contributed by atoms with E-state index in [9.17, 15) is 9.18 Å². The Labute approximate surface area is 144 Å². The molecule has 1 aliphatic carbocycles. The Kier molecular flexibility index (Phi) is 6.24. The average Bonchev–Trinajstić information content (AvgIpc) is 3.26. The van der Waals surface area contributed by atoms with Crippen LogP contribution in [0, 0.1) is 11.7 Å². The number of hydrogen-bond donors (Lipinski definition) is 1. The van der Waals surface area contributed by atoms with Crippen LogP contribution in [0.5, 0.6) is 0 Å². The summed E-state index contributed by atoms with van der Waals surface area (Å²) in [4.78, 5) is 14.6. The van der Waals surface area contributed by atoms with Crippen molar-refractivity contribution in [3.8, 4) is 0 Å². The minimum atomic E-state index is -0.209. The lowest BCUT2D eigenvalue weighted by Crippen LogP contribution is -2.34. The number of carbonyl (C=O) groups is 1. The average molecular weight is 332 g/mol. The zero-order chi connectivity index (χ0) is 16.8. The first kappa shape index (κ1) is 17.4. The maximum atomic E-state index is 12.8. The van der Waals surface area contributed by atoms with Gasteiger partial charge in [0.15, 0.2) is 0 Å². The maximum absolute atomic E-state index is 12.8. The normalized spacial score (nSPS) is 22.1. The van der Waals surface area contributed by atoms with Gasteiger partial charge in [0.2, 0.25) is 5.91 Å². The van der Waals surface area contributed by atoms with Gasteiger partial charge in [0.1, 0.15) is 5.82 Å². The maximum Gasteiger partial charge on any atom is 0.220 e. The summed E-state index contributed by atoms with van der Waals surface area (Å²) in [7, 11) is 0. The molecule has 1 saturated carbocycles. The highest BCUT2D eigenvalue weighted by Gasteiger charge is 2.29. The Hall–Kier alpha value is -1.42. The van der Waals surface area contributed by atoms with Gasteiger partial charge in [0.05, 0.1) is 0 Å². The van der Waals surface area contributed by atoms with E-state index in [2.05, 4.69) is 10.2 Å². The van der Waals surface area contributed by atoms with Crippen molar-refractivity contribution < 1.29 is 9.18 Å². The fourth-order valence-corrected chi connectivity index (χ4v) is 4.08. The van der Waals surface area contributed by atoms with E-state index < -0.39 is 0 Å². The number of hydrogen-bond acceptors (Lipinski definition) is 2. The quantitative estimate of drug-likeness (QED) is 0.828. The second-order valence-electron chi connectivity index (χ2n) is 7.37. The molecule has 0 aromatic heterocycles. The molecule has 0 unspecified atom stereocenters. The van der Waals surface area contributed by atoms with E-state index in [0.29, 0.717) is 12.3 Å². The number of benzene rings is 1. The van der Waals surface area contributed by atoms with Gasteiger partial charge in [-0.05, 0) is 62.3 Å². The summed E-state index contributed by atoms with van der Waals surface area (Å²) in [6.07, 6.45) is 8.91. The second-order valence-corrected chi connectivity index (χ2v) is 7.37. The first-order valence-electron chi connectivity index (χ1n) is 9.46. The molecule has 24 heavy (non-hydrogen) atoms. The van der Waals surface area contributed by atoms with Gasteiger partial charge >= 0.3 is 0 Å². The summed E-state index contributed by atoms with van der Waals surface area (Å²) in [5.74, 6) is 0.558. The molecule has 2 aliphatic rings. The van der Waals surface area contributed by atoms with Crippen molar-refractivity contribution in [1.82, 2.24) is 10.2 Å². The third-order valence-electron chi connectivity index (χ3n) is 5.53. The van der Waals surface area contributed by atoms with E-state index in [1.54, 1.807) is 12.1 Å². The van der Waals surface area contributed by atoms with Crippen molar-refractivity contribution in [2.24, 2.45) is 5.92 Å². The fourth-order valence-electron chi connectivity index (χ4n) is 4.08. The molecule has 0 spiro atoms. The van der Waals surface area contributed by atoms with E-state index in [1.165, 1.54) is 50.8 Å². The number of nitrogens with zero attached hydrogens (tertiary/aromatic N) is 1. The first-order valence-corrected chi connectivity index (χ1v) is 9.46. The van der Waals surface area contributed by atoms with E-state index in [1.807, 2.05) is 0 Å². The summed E-state index contributed by atoms with van der Waals surface area (Å²) in [6, 6.07) is 7.35. The van der Waals surface area contributed by atoms with Crippen molar-refractivity contribution in [2.75, 3.05) is 19.6 Å². The molecule has 0 radical (unpaired) electrons. The van der Waals surface area contributed by atoms with E-state index in [0.717, 1.165) is 37.5 Å². The summed E-state index contributed by atoms with van der Waals surface area (Å²) in [5, 5.41) is 3.11. The Morgan fingerprint density at radius 1 is 1.17 bits per heavy atom. The molecule has 1 saturated heterocycles. The van der Waals surface area contributed by atoms with Crippen molar-refractivity contribution in [3.63, 3.8) is 0 Å². The largest absolute Gasteiger partial charge is 0.356 e. The predicted molar refractivity (Wildman–Crippen MR) is 94.3 cm³/mol. The van der Waals surface area contributed by atoms with Crippen LogP contribution in [-0.2, 0) is 11.2 Å². The zero-order valence-corrected chi connectivity index (χ0v) is 14.5. The molecule has 1 aromatic carbocycles. The van der Waals surface area contributed by atoms with Crippen molar-refractivity contribution in [2.45, 2.75) is 57.4 Å². The molecule has 132 valence electrons. The van der Waals surface area contributed by atoms with Gasteiger partial charge in [-0.2, -0.15) is 0 Å². The molecule has 2 fully saturated rings. The third kappa shape index (κ3) is 5.04. The van der Waals surface area contributed by atoms with Crippen LogP contribution in [0.25, 0.3) is 0 Å². The number of carbonyl (C=O) groups excluding carboxylic acids is 1. The number of aryl methyl sites for hydroxylation is 1. The molecule has 4 heteroatoms. The molecular weight excluding hydrogens is 303 g/mol. The summed E-state index contributed by atoms with van der Waals surface area (Å²) in [6.45, 7) is 3.18. The number of rotatable bonds is 7. The van der Waals surface area contributed by atoms with Gasteiger partial charge in [0.25, 0.3) is 0 Å². The highest BCUT2D eigenvalue weighted by molar-refractivity contribution is 5.75. The van der Waals surface area contributed by atoms with Gasteiger partial charge < -0.3 is 10.2 Å². The molecule has 1 aliphatic heterocycles. The Bertz CT molecular complexity index is 525. The van der Waals surface area contributed by atoms with Crippen LogP contribution in [0.3, 0.4) is 0 Å². The molecule has 1 heterocycles. The molecule has 1 atom stereocenters. The Morgan fingerprint density at radius 3 is 2.67 bits per heavy atom. The van der Waals surface area contributed by atoms with Gasteiger partial charge in [-0.1, -0.05) is 25.0 Å². The van der Waals surface area contributed by atoms with Crippen molar-refractivity contribution >= 4 is 5.91 Å². The summed E-state index contributed by atoms with van der Waals surface area (Å²) in [5.41, 5.74) is 1.09. The van der Waals surface area contributed by atoms with Gasteiger partial charge in [0, 0.05) is 25.6 Å². The molecule has 0 bridgehead atoms. The Balaban J connectivity index is 1.29. The molecular formula is C20H29FN2O. The molecule has 1 amide bonds. The number of halogens is 1. The lowest BCUT2D eigenvalue weighted by molar-refractivity contribution is -0.121. The minimum absolute atomic E-state index is 0.149. The fraction of sp³-hybridized carbons (Fsp3) is 0.650. The van der Waals surface area contributed by atoms with Gasteiger partial charge in [-0.3, -0.25) is 4.79 Å². The van der Waals surface area contributed by atoms with Crippen LogP contribution in [0.4, 0.5) is 4.39 Å². The number of amides is 1. The van der Waals surface area contributed by atoms with Crippen molar-refractivity contribution in [1.29, 1.82) is 0 Å². The minimum Gasteiger partial charge on any atom is -0.356 e. The third-order valence-corrected chi connectivity index (χ3v) is 5.53. The smallest absolute Gasteiger partial charge is 0.220 e. The predicted octanol–water partition coefficient (Wildman–Crippen LogP) is 3.53. The van der Waals surface area contributed by atoms with Gasteiger partial charge in [-0.15, -0.1) is 0 Å². The lowest BCUT2D eigenvalue weighted by Gasteiger charge is -2.23. The van der Waals surface area contributed by atoms with Crippen LogP contribution < -0.4 is 5.32 Å². The van der Waals surface area contributed by atoms with Crippen LogP contribution >= 0.6 is 0 Å². The van der Waals surface area contributed by atoms with Crippen LogP contribution in [0.15, 0.2) is 24.3 Å². The highest BCUT2D eigenvalue weighted by atomic mass is 19.1. The number of nitrogens with one attached hydrogen (secondary N) is 1. The summed E-state index contributed by atoms with van der Waals surface area (Å²) < 4.78 is 12.8. The molecule has 1 aromatic rings. The molecule has 3 nitrogen and oxygen atoms in total. The summed E-state index contributed by atoms with van der Waals surface area (Å²) >= 11 is 0. The van der Waals surface area contributed by atoms with Crippen LogP contribution in [0.2, 0.25) is 0 Å². The highest BCUT2D eigenvalue weighted by Crippen LogP contribution is 2.28. The molecule has 3 rings (SSSR count). The Morgan fingerprint density at radius 2 is 1.92 bits per heavy atom. The second kappa shape index (κ2) is 8.61. The van der Waals surface area contributed by atoms with E-state index in [4.69, 9.17) is 0 Å². The van der Waals surface area contributed by atoms with Crippen LogP contribution in [0.1, 0.15) is 50.5 Å². The standard InChI is InChI=1S/C20H29FN2O/c21-18-10-8-16(9-11-18)4-3-7-20(24)22-14-17-12-13-23(15-17)19-5-1-2-6-19/h8-11,17,19H,1-7,12-15H2,(H,22,24)/t17-/m0/s1. The SMILES string of the molecule is O=C(CCCc1ccc(F)cc1)NC[C@@H]1CCN(C2CCCC2)C1. The van der Waals surface area contributed by atoms with Crippen molar-refractivity contribution in [3.05, 3.63) is 35.6 Å². The van der Waals surface area contributed by atoms with Crippen LogP contribution in [-0.4, -0.2) is 36.5 Å². The zero-order valence-electron chi connectivity index (χ0n) is 14.5.